The minimum absolute atomic E-state index is 0.0337. The van der Waals surface area contributed by atoms with Gasteiger partial charge in [-0.25, -0.2) is 14.5 Å². The molecule has 0 aliphatic carbocycles. The van der Waals surface area contributed by atoms with E-state index < -0.39 is 5.91 Å². The summed E-state index contributed by atoms with van der Waals surface area (Å²) in [6, 6.07) is 7.10. The molecule has 3 aromatic heterocycles. The molecule has 1 N–H and O–H groups in total. The lowest BCUT2D eigenvalue weighted by Crippen LogP contribution is -2.13. The summed E-state index contributed by atoms with van der Waals surface area (Å²) in [5.74, 6) is -0.0383. The summed E-state index contributed by atoms with van der Waals surface area (Å²) in [6.07, 6.45) is 3.89. The van der Waals surface area contributed by atoms with Gasteiger partial charge < -0.3 is 0 Å². The molecule has 1 aromatic carbocycles. The Hall–Kier alpha value is -2.55. The van der Waals surface area contributed by atoms with E-state index in [9.17, 15) is 4.79 Å². The van der Waals surface area contributed by atoms with Crippen molar-refractivity contribution < 1.29 is 4.79 Å². The minimum Gasteiger partial charge on any atom is -0.295 e. The van der Waals surface area contributed by atoms with Gasteiger partial charge in [-0.1, -0.05) is 23.2 Å². The van der Waals surface area contributed by atoms with Crippen LogP contribution in [-0.4, -0.2) is 30.5 Å². The molecule has 27 heavy (non-hydrogen) atoms. The van der Waals surface area contributed by atoms with Crippen LogP contribution >= 0.6 is 34.5 Å². The summed E-state index contributed by atoms with van der Waals surface area (Å²) >= 11 is 13.6. The summed E-state index contributed by atoms with van der Waals surface area (Å²) in [7, 11) is 0. The number of amides is 1. The quantitative estimate of drug-likeness (QED) is 0.540. The molecule has 10 heteroatoms. The Morgan fingerprint density at radius 3 is 2.93 bits per heavy atom. The predicted octanol–water partition coefficient (Wildman–Crippen LogP) is 4.04. The van der Waals surface area contributed by atoms with Gasteiger partial charge in [0.05, 0.1) is 0 Å². The number of aryl methyl sites for hydroxylation is 1. The number of carbonyl (C=O) groups excluding carboxylic acids is 1. The Morgan fingerprint density at radius 2 is 2.11 bits per heavy atom. The molecule has 1 amide bonds. The van der Waals surface area contributed by atoms with Crippen LogP contribution in [-0.2, 0) is 6.42 Å². The summed E-state index contributed by atoms with van der Waals surface area (Å²) < 4.78 is 1.52. The summed E-state index contributed by atoms with van der Waals surface area (Å²) in [5.41, 5.74) is 1.73. The van der Waals surface area contributed by atoms with Crippen LogP contribution in [0.5, 0.6) is 0 Å². The number of thiazole rings is 1. The van der Waals surface area contributed by atoms with Crippen LogP contribution in [0.25, 0.3) is 5.78 Å². The number of nitrogens with zero attached hydrogens (tertiary/aromatic N) is 5. The average molecular weight is 419 g/mol. The minimum atomic E-state index is -0.443. The van der Waals surface area contributed by atoms with E-state index in [1.54, 1.807) is 30.6 Å². The van der Waals surface area contributed by atoms with Gasteiger partial charge in [0.15, 0.2) is 5.13 Å². The molecule has 7 nitrogen and oxygen atoms in total. The number of hydrogen-bond donors (Lipinski definition) is 1. The van der Waals surface area contributed by atoms with Crippen molar-refractivity contribution in [3.8, 4) is 0 Å². The maximum Gasteiger partial charge on any atom is 0.297 e. The molecule has 4 rings (SSSR count). The molecular weight excluding hydrogens is 407 g/mol. The van der Waals surface area contributed by atoms with Crippen molar-refractivity contribution in [2.24, 2.45) is 0 Å². The van der Waals surface area contributed by atoms with Gasteiger partial charge in [-0.15, -0.1) is 16.4 Å². The fourth-order valence-corrected chi connectivity index (χ4v) is 3.68. The molecule has 0 unspecified atom stereocenters. The SMILES string of the molecule is Cc1ccnc2nc(C(=O)Nc3ncc(Cc4cc(Cl)ccc4Cl)s3)nn12. The van der Waals surface area contributed by atoms with Crippen molar-refractivity contribution in [2.45, 2.75) is 13.3 Å². The molecule has 0 fully saturated rings. The van der Waals surface area contributed by atoms with Gasteiger partial charge >= 0.3 is 0 Å². The molecule has 4 aromatic rings. The smallest absolute Gasteiger partial charge is 0.295 e. The van der Waals surface area contributed by atoms with Crippen LogP contribution in [0.4, 0.5) is 5.13 Å². The highest BCUT2D eigenvalue weighted by Crippen LogP contribution is 2.27. The van der Waals surface area contributed by atoms with Crippen LogP contribution in [0.15, 0.2) is 36.7 Å². The second kappa shape index (κ2) is 7.22. The molecule has 0 bridgehead atoms. The molecule has 136 valence electrons. The first-order valence-electron chi connectivity index (χ1n) is 7.88. The van der Waals surface area contributed by atoms with Crippen molar-refractivity contribution in [1.82, 2.24) is 24.6 Å². The highest BCUT2D eigenvalue weighted by Gasteiger charge is 2.16. The zero-order valence-electron chi connectivity index (χ0n) is 14.0. The Bertz CT molecular complexity index is 1160. The van der Waals surface area contributed by atoms with Crippen molar-refractivity contribution in [1.29, 1.82) is 0 Å². The van der Waals surface area contributed by atoms with E-state index in [1.165, 1.54) is 15.9 Å². The third kappa shape index (κ3) is 3.78. The number of rotatable bonds is 4. The molecule has 0 radical (unpaired) electrons. The topological polar surface area (TPSA) is 85.1 Å². The summed E-state index contributed by atoms with van der Waals surface area (Å²) in [6.45, 7) is 1.86. The Kier molecular flexibility index (Phi) is 4.77. The highest BCUT2D eigenvalue weighted by molar-refractivity contribution is 7.15. The second-order valence-corrected chi connectivity index (χ2v) is 7.69. The second-order valence-electron chi connectivity index (χ2n) is 5.73. The van der Waals surface area contributed by atoms with Gasteiger partial charge in [-0.05, 0) is 36.8 Å². The number of aromatic nitrogens is 5. The lowest BCUT2D eigenvalue weighted by molar-refractivity contribution is 0.101. The normalized spacial score (nSPS) is 11.1. The lowest BCUT2D eigenvalue weighted by Gasteiger charge is -2.02. The van der Waals surface area contributed by atoms with E-state index in [1.807, 2.05) is 13.0 Å². The maximum atomic E-state index is 12.4. The lowest BCUT2D eigenvalue weighted by atomic mass is 10.1. The number of nitrogens with one attached hydrogen (secondary N) is 1. The molecule has 0 aliphatic heterocycles. The van der Waals surface area contributed by atoms with E-state index in [0.29, 0.717) is 27.4 Å². The molecular formula is C17H12Cl2N6OS. The molecule has 0 spiro atoms. The van der Waals surface area contributed by atoms with Gasteiger partial charge in [0.25, 0.3) is 11.7 Å². The van der Waals surface area contributed by atoms with Crippen molar-refractivity contribution in [2.75, 3.05) is 5.32 Å². The first-order valence-corrected chi connectivity index (χ1v) is 9.45. The Morgan fingerprint density at radius 1 is 1.26 bits per heavy atom. The number of benzene rings is 1. The van der Waals surface area contributed by atoms with Crippen molar-refractivity contribution in [3.05, 3.63) is 68.7 Å². The zero-order chi connectivity index (χ0) is 19.0. The van der Waals surface area contributed by atoms with E-state index in [-0.39, 0.29) is 5.82 Å². The number of anilines is 1. The first-order chi connectivity index (χ1) is 13.0. The molecule has 0 aliphatic rings. The number of hydrogen-bond acceptors (Lipinski definition) is 6. The van der Waals surface area contributed by atoms with Crippen molar-refractivity contribution >= 4 is 51.4 Å². The fraction of sp³-hybridized carbons (Fsp3) is 0.118. The van der Waals surface area contributed by atoms with Crippen LogP contribution in [0.3, 0.4) is 0 Å². The third-order valence-corrected chi connectivity index (χ3v) is 5.30. The van der Waals surface area contributed by atoms with Crippen LogP contribution in [0.1, 0.15) is 26.8 Å². The molecule has 3 heterocycles. The Labute approximate surface area is 168 Å². The average Bonchev–Trinajstić information content (AvgIpc) is 3.26. The van der Waals surface area contributed by atoms with E-state index in [4.69, 9.17) is 23.2 Å². The predicted molar refractivity (Wildman–Crippen MR) is 105 cm³/mol. The summed E-state index contributed by atoms with van der Waals surface area (Å²) in [5, 5.41) is 8.60. The first kappa shape index (κ1) is 17.8. The van der Waals surface area contributed by atoms with Crippen LogP contribution in [0, 0.1) is 6.92 Å². The molecule has 0 saturated carbocycles. The zero-order valence-corrected chi connectivity index (χ0v) is 16.3. The van der Waals surface area contributed by atoms with E-state index in [2.05, 4.69) is 25.4 Å². The van der Waals surface area contributed by atoms with Gasteiger partial charge in [-0.2, -0.15) is 4.98 Å². The van der Waals surface area contributed by atoms with E-state index >= 15 is 0 Å². The number of carbonyl (C=O) groups is 1. The summed E-state index contributed by atoms with van der Waals surface area (Å²) in [4.78, 5) is 25.8. The van der Waals surface area contributed by atoms with Gasteiger partial charge in [-0.3, -0.25) is 10.1 Å². The van der Waals surface area contributed by atoms with Crippen molar-refractivity contribution in [3.63, 3.8) is 0 Å². The van der Waals surface area contributed by atoms with Gasteiger partial charge in [0.1, 0.15) is 0 Å². The standard InChI is InChI=1S/C17H12Cl2N6OS/c1-9-4-5-20-16-22-14(24-25(9)16)15(26)23-17-21-8-12(27-17)7-10-6-11(18)2-3-13(10)19/h2-6,8H,7H2,1H3,(H,21,23,26). The highest BCUT2D eigenvalue weighted by atomic mass is 35.5. The number of fused-ring (bicyclic) bond motifs is 1. The van der Waals surface area contributed by atoms with Gasteiger partial charge in [0, 0.05) is 39.4 Å². The van der Waals surface area contributed by atoms with Crippen LogP contribution < -0.4 is 5.32 Å². The van der Waals surface area contributed by atoms with Gasteiger partial charge in [0.2, 0.25) is 5.82 Å². The van der Waals surface area contributed by atoms with Crippen LogP contribution in [0.2, 0.25) is 10.0 Å². The molecule has 0 atom stereocenters. The molecule has 0 saturated heterocycles. The Balaban J connectivity index is 1.50. The maximum absolute atomic E-state index is 12.4. The number of halogens is 2. The fourth-order valence-electron chi connectivity index (χ4n) is 2.47. The van der Waals surface area contributed by atoms with E-state index in [0.717, 1.165) is 16.1 Å². The monoisotopic (exact) mass is 418 g/mol. The third-order valence-electron chi connectivity index (χ3n) is 3.78. The largest absolute Gasteiger partial charge is 0.297 e.